The van der Waals surface area contributed by atoms with E-state index in [9.17, 15) is 14.0 Å². The highest BCUT2D eigenvalue weighted by Crippen LogP contribution is 2.32. The van der Waals surface area contributed by atoms with Gasteiger partial charge in [0.1, 0.15) is 0 Å². The minimum atomic E-state index is -0.577. The number of anilines is 1. The van der Waals surface area contributed by atoms with Crippen LogP contribution in [0.25, 0.3) is 0 Å². The lowest BCUT2D eigenvalue weighted by molar-refractivity contribution is -0.137. The third kappa shape index (κ3) is 4.49. The first-order chi connectivity index (χ1) is 15.0. The molecular weight excluding hydrogens is 401 g/mol. The van der Waals surface area contributed by atoms with Crippen molar-refractivity contribution in [3.63, 3.8) is 0 Å². The second-order valence-electron chi connectivity index (χ2n) is 7.94. The van der Waals surface area contributed by atoms with Gasteiger partial charge in [0.15, 0.2) is 11.6 Å². The van der Waals surface area contributed by atoms with Crippen LogP contribution in [0.1, 0.15) is 18.4 Å². The van der Waals surface area contributed by atoms with E-state index in [2.05, 4.69) is 5.32 Å². The molecule has 31 heavy (non-hydrogen) atoms. The number of methoxy groups -OCH3 is 1. The first-order valence-electron chi connectivity index (χ1n) is 10.3. The van der Waals surface area contributed by atoms with E-state index in [0.717, 1.165) is 5.56 Å². The molecule has 0 aliphatic carbocycles. The predicted octanol–water partition coefficient (Wildman–Crippen LogP) is 3.26. The molecule has 2 aromatic rings. The monoisotopic (exact) mass is 427 g/mol. The molecular formula is C23H26FN3O4. The number of urea groups is 1. The summed E-state index contributed by atoms with van der Waals surface area (Å²) in [5.41, 5.74) is 0.789. The number of carbonyl (C=O) groups is 2. The van der Waals surface area contributed by atoms with Gasteiger partial charge in [-0.2, -0.15) is 0 Å². The van der Waals surface area contributed by atoms with Crippen molar-refractivity contribution in [2.24, 2.45) is 0 Å². The number of nitrogens with one attached hydrogen (secondary N) is 1. The number of carbonyl (C=O) groups excluding carboxylic acids is 2. The Bertz CT molecular complexity index is 947. The van der Waals surface area contributed by atoms with Crippen molar-refractivity contribution in [2.75, 3.05) is 38.7 Å². The summed E-state index contributed by atoms with van der Waals surface area (Å²) in [7, 11) is 1.38. The fourth-order valence-corrected chi connectivity index (χ4v) is 4.23. The van der Waals surface area contributed by atoms with Gasteiger partial charge >= 0.3 is 6.03 Å². The van der Waals surface area contributed by atoms with Crippen LogP contribution in [-0.2, 0) is 16.1 Å². The molecule has 8 heteroatoms. The van der Waals surface area contributed by atoms with Crippen LogP contribution in [-0.4, -0.2) is 60.7 Å². The van der Waals surface area contributed by atoms with E-state index in [4.69, 9.17) is 9.47 Å². The van der Waals surface area contributed by atoms with E-state index >= 15 is 0 Å². The number of amides is 3. The Morgan fingerprint density at radius 2 is 2.06 bits per heavy atom. The molecule has 164 valence electrons. The Hall–Kier alpha value is -3.13. The zero-order valence-electron chi connectivity index (χ0n) is 17.5. The number of hydrogen-bond acceptors (Lipinski definition) is 4. The summed E-state index contributed by atoms with van der Waals surface area (Å²) in [6.07, 6.45) is 0.880. The maximum atomic E-state index is 14.0. The molecule has 0 radical (unpaired) electrons. The quantitative estimate of drug-likeness (QED) is 0.813. The number of ether oxygens (including phenoxy) is 2. The van der Waals surface area contributed by atoms with Crippen molar-refractivity contribution in [1.82, 2.24) is 9.80 Å². The molecule has 3 amide bonds. The standard InChI is InChI=1S/C23H26FN3O4/c1-30-20-8-7-18(13-19(20)24)25-22(29)26-11-9-21(28)27(14-17-5-3-2-4-6-17)23(15-26)10-12-31-16-23/h2-8,13H,9-12,14-16H2,1H3,(H,25,29). The maximum Gasteiger partial charge on any atom is 0.321 e. The molecule has 2 fully saturated rings. The normalized spacial score (nSPS) is 21.3. The van der Waals surface area contributed by atoms with E-state index in [1.807, 2.05) is 35.2 Å². The van der Waals surface area contributed by atoms with Crippen LogP contribution < -0.4 is 10.1 Å². The molecule has 1 unspecified atom stereocenters. The molecule has 2 aliphatic heterocycles. The molecule has 1 spiro atoms. The van der Waals surface area contributed by atoms with Crippen LogP contribution >= 0.6 is 0 Å². The third-order valence-electron chi connectivity index (χ3n) is 5.91. The molecule has 4 rings (SSSR count). The van der Waals surface area contributed by atoms with Gasteiger partial charge in [-0.15, -0.1) is 0 Å². The minimum absolute atomic E-state index is 0.000134. The van der Waals surface area contributed by atoms with Crippen LogP contribution in [0.2, 0.25) is 0 Å². The average molecular weight is 427 g/mol. The van der Waals surface area contributed by atoms with Gasteiger partial charge in [-0.25, -0.2) is 9.18 Å². The zero-order chi connectivity index (χ0) is 21.8. The summed E-state index contributed by atoms with van der Waals surface area (Å²) in [4.78, 5) is 29.6. The zero-order valence-corrected chi connectivity index (χ0v) is 17.5. The Labute approximate surface area is 180 Å². The second kappa shape index (κ2) is 8.93. The van der Waals surface area contributed by atoms with Gasteiger partial charge in [0.25, 0.3) is 0 Å². The summed E-state index contributed by atoms with van der Waals surface area (Å²) in [5, 5.41) is 2.74. The van der Waals surface area contributed by atoms with Gasteiger partial charge in [0, 0.05) is 44.4 Å². The number of benzene rings is 2. The molecule has 2 heterocycles. The van der Waals surface area contributed by atoms with Crippen molar-refractivity contribution >= 4 is 17.6 Å². The lowest BCUT2D eigenvalue weighted by atomic mass is 9.94. The van der Waals surface area contributed by atoms with Crippen LogP contribution in [0.15, 0.2) is 48.5 Å². The summed E-state index contributed by atoms with van der Waals surface area (Å²) in [5.74, 6) is -0.446. The molecule has 2 aromatic carbocycles. The molecule has 0 saturated carbocycles. The van der Waals surface area contributed by atoms with Gasteiger partial charge in [-0.3, -0.25) is 4.79 Å². The third-order valence-corrected chi connectivity index (χ3v) is 5.91. The fraction of sp³-hybridized carbons (Fsp3) is 0.391. The van der Waals surface area contributed by atoms with Crippen LogP contribution in [0.5, 0.6) is 5.75 Å². The van der Waals surface area contributed by atoms with Gasteiger partial charge in [-0.1, -0.05) is 30.3 Å². The van der Waals surface area contributed by atoms with Crippen molar-refractivity contribution in [1.29, 1.82) is 0 Å². The topological polar surface area (TPSA) is 71.1 Å². The lowest BCUT2D eigenvalue weighted by Crippen LogP contribution is -2.56. The summed E-state index contributed by atoms with van der Waals surface area (Å²) < 4.78 is 24.6. The van der Waals surface area contributed by atoms with Gasteiger partial charge in [0.2, 0.25) is 5.91 Å². The SMILES string of the molecule is COc1ccc(NC(=O)N2CCC(=O)N(Cc3ccccc3)C3(CCOC3)C2)cc1F. The van der Waals surface area contributed by atoms with Crippen LogP contribution in [0, 0.1) is 5.82 Å². The number of halogens is 1. The number of rotatable bonds is 4. The van der Waals surface area contributed by atoms with Crippen LogP contribution in [0.4, 0.5) is 14.9 Å². The highest BCUT2D eigenvalue weighted by Gasteiger charge is 2.47. The van der Waals surface area contributed by atoms with E-state index in [1.54, 1.807) is 11.0 Å². The number of hydrogen-bond donors (Lipinski definition) is 1. The average Bonchev–Trinajstić information content (AvgIpc) is 3.19. The maximum absolute atomic E-state index is 14.0. The Morgan fingerprint density at radius 1 is 1.26 bits per heavy atom. The molecule has 2 saturated heterocycles. The minimum Gasteiger partial charge on any atom is -0.494 e. The first-order valence-corrected chi connectivity index (χ1v) is 10.3. The highest BCUT2D eigenvalue weighted by atomic mass is 19.1. The lowest BCUT2D eigenvalue weighted by Gasteiger charge is -2.40. The first kappa shape index (κ1) is 21.1. The Balaban J connectivity index is 1.53. The van der Waals surface area contributed by atoms with Crippen molar-refractivity contribution in [3.05, 3.63) is 59.9 Å². The van der Waals surface area contributed by atoms with Crippen LogP contribution in [0.3, 0.4) is 0 Å². The molecule has 7 nitrogen and oxygen atoms in total. The second-order valence-corrected chi connectivity index (χ2v) is 7.94. The Kier molecular flexibility index (Phi) is 6.08. The molecule has 2 aliphatic rings. The summed E-state index contributed by atoms with van der Waals surface area (Å²) >= 11 is 0. The van der Waals surface area contributed by atoms with E-state index in [-0.39, 0.29) is 30.7 Å². The van der Waals surface area contributed by atoms with Gasteiger partial charge in [0.05, 0.1) is 19.3 Å². The molecule has 0 aromatic heterocycles. The highest BCUT2D eigenvalue weighted by molar-refractivity contribution is 5.90. The summed E-state index contributed by atoms with van der Waals surface area (Å²) in [6.45, 7) is 2.04. The summed E-state index contributed by atoms with van der Waals surface area (Å²) in [6, 6.07) is 13.7. The van der Waals surface area contributed by atoms with Gasteiger partial charge in [-0.05, 0) is 24.1 Å². The molecule has 1 atom stereocenters. The predicted molar refractivity (Wildman–Crippen MR) is 113 cm³/mol. The van der Waals surface area contributed by atoms with E-state index in [1.165, 1.54) is 19.2 Å². The van der Waals surface area contributed by atoms with Crippen molar-refractivity contribution < 1.29 is 23.5 Å². The molecule has 0 bridgehead atoms. The number of nitrogens with zero attached hydrogens (tertiary/aromatic N) is 2. The fourth-order valence-electron chi connectivity index (χ4n) is 4.23. The van der Waals surface area contributed by atoms with E-state index in [0.29, 0.717) is 38.4 Å². The smallest absolute Gasteiger partial charge is 0.321 e. The van der Waals surface area contributed by atoms with E-state index < -0.39 is 11.4 Å². The van der Waals surface area contributed by atoms with Gasteiger partial charge < -0.3 is 24.6 Å². The largest absolute Gasteiger partial charge is 0.494 e. The van der Waals surface area contributed by atoms with Crippen molar-refractivity contribution in [3.8, 4) is 5.75 Å². The Morgan fingerprint density at radius 3 is 2.74 bits per heavy atom. The molecule has 1 N–H and O–H groups in total. The van der Waals surface area contributed by atoms with Crippen molar-refractivity contribution in [2.45, 2.75) is 24.9 Å².